The monoisotopic (exact) mass is 248 g/mol. The van der Waals surface area contributed by atoms with Crippen LogP contribution in [0.15, 0.2) is 24.3 Å². The van der Waals surface area contributed by atoms with E-state index < -0.39 is 5.97 Å². The van der Waals surface area contributed by atoms with Gasteiger partial charge in [-0.05, 0) is 22.9 Å². The average molecular weight is 248 g/mol. The molecule has 0 saturated carbocycles. The number of benzene rings is 1. The zero-order chi connectivity index (χ0) is 13.0. The van der Waals surface area contributed by atoms with Gasteiger partial charge in [-0.25, -0.2) is 0 Å². The van der Waals surface area contributed by atoms with Crippen molar-refractivity contribution in [1.82, 2.24) is 20.2 Å². The van der Waals surface area contributed by atoms with Gasteiger partial charge in [0, 0.05) is 0 Å². The van der Waals surface area contributed by atoms with Crippen molar-refractivity contribution < 1.29 is 14.6 Å². The standard InChI is InChI=1S/C11H12N4O3/c1-15-13-10(12-14-15)7-18-9-4-2-3-8(5-9)6-11(16)17/h2-5H,6-7H2,1H3,(H,16,17). The van der Waals surface area contributed by atoms with Crippen LogP contribution in [0.4, 0.5) is 0 Å². The fourth-order valence-electron chi connectivity index (χ4n) is 1.45. The third-order valence-electron chi connectivity index (χ3n) is 2.17. The third-order valence-corrected chi connectivity index (χ3v) is 2.17. The first kappa shape index (κ1) is 12.0. The van der Waals surface area contributed by atoms with Crippen molar-refractivity contribution in [2.24, 2.45) is 7.05 Å². The number of hydrogen-bond acceptors (Lipinski definition) is 5. The number of aryl methyl sites for hydroxylation is 1. The molecule has 7 heteroatoms. The molecule has 2 aromatic rings. The molecule has 0 fully saturated rings. The molecule has 0 unspecified atom stereocenters. The molecule has 2 rings (SSSR count). The molecular weight excluding hydrogens is 236 g/mol. The Labute approximate surface area is 103 Å². The van der Waals surface area contributed by atoms with Crippen LogP contribution in [0, 0.1) is 0 Å². The van der Waals surface area contributed by atoms with E-state index in [1.165, 1.54) is 4.80 Å². The lowest BCUT2D eigenvalue weighted by atomic mass is 10.1. The molecular formula is C11H12N4O3. The lowest BCUT2D eigenvalue weighted by Crippen LogP contribution is -2.02. The Morgan fingerprint density at radius 1 is 1.50 bits per heavy atom. The van der Waals surface area contributed by atoms with Gasteiger partial charge < -0.3 is 9.84 Å². The van der Waals surface area contributed by atoms with Crippen molar-refractivity contribution in [2.45, 2.75) is 13.0 Å². The number of ether oxygens (including phenoxy) is 1. The van der Waals surface area contributed by atoms with Crippen LogP contribution in [-0.4, -0.2) is 31.3 Å². The number of carbonyl (C=O) groups is 1. The molecule has 1 aromatic carbocycles. The number of aliphatic carboxylic acids is 1. The minimum atomic E-state index is -0.872. The Balaban J connectivity index is 1.98. The van der Waals surface area contributed by atoms with Crippen molar-refractivity contribution >= 4 is 5.97 Å². The Bertz CT molecular complexity index is 553. The molecule has 1 aromatic heterocycles. The maximum atomic E-state index is 10.6. The van der Waals surface area contributed by atoms with Gasteiger partial charge in [-0.3, -0.25) is 4.79 Å². The Morgan fingerprint density at radius 2 is 2.33 bits per heavy atom. The molecule has 7 nitrogen and oxygen atoms in total. The fourth-order valence-corrected chi connectivity index (χ4v) is 1.45. The number of nitrogens with zero attached hydrogens (tertiary/aromatic N) is 4. The summed E-state index contributed by atoms with van der Waals surface area (Å²) in [5.74, 6) is 0.185. The number of carboxylic acid groups (broad SMARTS) is 1. The lowest BCUT2D eigenvalue weighted by molar-refractivity contribution is -0.136. The molecule has 0 aliphatic rings. The molecule has 0 aliphatic heterocycles. The summed E-state index contributed by atoms with van der Waals surface area (Å²) >= 11 is 0. The van der Waals surface area contributed by atoms with Gasteiger partial charge in [-0.15, -0.1) is 10.2 Å². The summed E-state index contributed by atoms with van der Waals surface area (Å²) < 4.78 is 5.46. The summed E-state index contributed by atoms with van der Waals surface area (Å²) in [5, 5.41) is 20.1. The molecule has 18 heavy (non-hydrogen) atoms. The molecule has 0 radical (unpaired) electrons. The van der Waals surface area contributed by atoms with E-state index in [-0.39, 0.29) is 13.0 Å². The van der Waals surface area contributed by atoms with E-state index in [0.29, 0.717) is 17.1 Å². The van der Waals surface area contributed by atoms with Crippen LogP contribution in [0.3, 0.4) is 0 Å². The van der Waals surface area contributed by atoms with Crippen LogP contribution >= 0.6 is 0 Å². The second kappa shape index (κ2) is 5.26. The third kappa shape index (κ3) is 3.27. The number of hydrogen-bond donors (Lipinski definition) is 1. The number of rotatable bonds is 5. The molecule has 0 bridgehead atoms. The number of carboxylic acids is 1. The van der Waals surface area contributed by atoms with Gasteiger partial charge in [0.05, 0.1) is 13.5 Å². The summed E-state index contributed by atoms with van der Waals surface area (Å²) in [4.78, 5) is 11.9. The maximum absolute atomic E-state index is 10.6. The summed E-state index contributed by atoms with van der Waals surface area (Å²) in [7, 11) is 1.67. The molecule has 1 N–H and O–H groups in total. The number of aromatic nitrogens is 4. The highest BCUT2D eigenvalue weighted by Gasteiger charge is 2.04. The van der Waals surface area contributed by atoms with E-state index in [9.17, 15) is 4.79 Å². The highest BCUT2D eigenvalue weighted by Crippen LogP contribution is 2.14. The molecule has 0 amide bonds. The smallest absolute Gasteiger partial charge is 0.307 e. The van der Waals surface area contributed by atoms with Gasteiger partial charge in [0.2, 0.25) is 5.82 Å². The van der Waals surface area contributed by atoms with Crippen LogP contribution < -0.4 is 4.74 Å². The van der Waals surface area contributed by atoms with E-state index in [2.05, 4.69) is 15.4 Å². The second-order valence-electron chi connectivity index (χ2n) is 3.70. The van der Waals surface area contributed by atoms with E-state index in [1.54, 1.807) is 31.3 Å². The average Bonchev–Trinajstić information content (AvgIpc) is 2.72. The van der Waals surface area contributed by atoms with Gasteiger partial charge in [-0.1, -0.05) is 12.1 Å². The van der Waals surface area contributed by atoms with Gasteiger partial charge in [0.1, 0.15) is 5.75 Å². The summed E-state index contributed by atoms with van der Waals surface area (Å²) in [6.45, 7) is 0.199. The largest absolute Gasteiger partial charge is 0.485 e. The van der Waals surface area contributed by atoms with Gasteiger partial charge in [-0.2, -0.15) is 4.80 Å². The molecule has 0 aliphatic carbocycles. The molecule has 94 valence electrons. The fraction of sp³-hybridized carbons (Fsp3) is 0.273. The summed E-state index contributed by atoms with van der Waals surface area (Å²) in [6.07, 6.45) is -0.0272. The van der Waals surface area contributed by atoms with Crippen LogP contribution in [-0.2, 0) is 24.9 Å². The van der Waals surface area contributed by atoms with Crippen molar-refractivity contribution in [3.05, 3.63) is 35.7 Å². The van der Waals surface area contributed by atoms with E-state index >= 15 is 0 Å². The van der Waals surface area contributed by atoms with Crippen LogP contribution in [0.25, 0.3) is 0 Å². The molecule has 1 heterocycles. The van der Waals surface area contributed by atoms with Crippen molar-refractivity contribution in [1.29, 1.82) is 0 Å². The van der Waals surface area contributed by atoms with Crippen LogP contribution in [0.1, 0.15) is 11.4 Å². The first-order valence-electron chi connectivity index (χ1n) is 5.30. The highest BCUT2D eigenvalue weighted by molar-refractivity contribution is 5.70. The van der Waals surface area contributed by atoms with E-state index in [4.69, 9.17) is 9.84 Å². The van der Waals surface area contributed by atoms with Crippen molar-refractivity contribution in [3.8, 4) is 5.75 Å². The summed E-state index contributed by atoms with van der Waals surface area (Å²) in [6, 6.07) is 6.92. The van der Waals surface area contributed by atoms with Crippen LogP contribution in [0.5, 0.6) is 5.75 Å². The molecule has 0 atom stereocenters. The zero-order valence-corrected chi connectivity index (χ0v) is 9.78. The highest BCUT2D eigenvalue weighted by atomic mass is 16.5. The Morgan fingerprint density at radius 3 is 3.00 bits per heavy atom. The van der Waals surface area contributed by atoms with E-state index in [1.807, 2.05) is 0 Å². The molecule has 0 saturated heterocycles. The van der Waals surface area contributed by atoms with Crippen molar-refractivity contribution in [2.75, 3.05) is 0 Å². The first-order chi connectivity index (χ1) is 8.63. The summed E-state index contributed by atoms with van der Waals surface area (Å²) in [5.41, 5.74) is 0.687. The Kier molecular flexibility index (Phi) is 3.52. The van der Waals surface area contributed by atoms with Gasteiger partial charge in [0.15, 0.2) is 6.61 Å². The number of tetrazole rings is 1. The quantitative estimate of drug-likeness (QED) is 0.824. The minimum absolute atomic E-state index is 0.0272. The zero-order valence-electron chi connectivity index (χ0n) is 9.78. The van der Waals surface area contributed by atoms with Gasteiger partial charge in [0.25, 0.3) is 0 Å². The minimum Gasteiger partial charge on any atom is -0.485 e. The Hall–Kier alpha value is -2.44. The maximum Gasteiger partial charge on any atom is 0.307 e. The first-order valence-corrected chi connectivity index (χ1v) is 5.30. The SMILES string of the molecule is Cn1nnc(COc2cccc(CC(=O)O)c2)n1. The van der Waals surface area contributed by atoms with Crippen LogP contribution in [0.2, 0.25) is 0 Å². The predicted octanol–water partition coefficient (Wildman–Crippen LogP) is 0.416. The van der Waals surface area contributed by atoms with Crippen molar-refractivity contribution in [3.63, 3.8) is 0 Å². The molecule has 0 spiro atoms. The second-order valence-corrected chi connectivity index (χ2v) is 3.70. The van der Waals surface area contributed by atoms with E-state index in [0.717, 1.165) is 0 Å². The topological polar surface area (TPSA) is 90.1 Å². The normalized spacial score (nSPS) is 10.3. The predicted molar refractivity (Wildman–Crippen MR) is 60.9 cm³/mol. The lowest BCUT2D eigenvalue weighted by Gasteiger charge is -2.04. The van der Waals surface area contributed by atoms with Gasteiger partial charge >= 0.3 is 5.97 Å².